The first kappa shape index (κ1) is 13.7. The smallest absolute Gasteiger partial charge is 0.0346 e. The van der Waals surface area contributed by atoms with E-state index in [2.05, 4.69) is 58.9 Å². The van der Waals surface area contributed by atoms with Crippen LogP contribution in [-0.4, -0.2) is 24.5 Å². The molecule has 0 aliphatic carbocycles. The van der Waals surface area contributed by atoms with Gasteiger partial charge in [-0.15, -0.1) is 0 Å². The molecular formula is C13H21BrN2. The second-order valence-electron chi connectivity index (χ2n) is 3.90. The van der Waals surface area contributed by atoms with Gasteiger partial charge >= 0.3 is 0 Å². The van der Waals surface area contributed by atoms with Crippen LogP contribution in [0.25, 0.3) is 0 Å². The minimum atomic E-state index is 0.478. The molecule has 0 aliphatic heterocycles. The van der Waals surface area contributed by atoms with Gasteiger partial charge in [0.1, 0.15) is 0 Å². The molecule has 1 unspecified atom stereocenters. The molecule has 16 heavy (non-hydrogen) atoms. The van der Waals surface area contributed by atoms with Crippen LogP contribution in [0.5, 0.6) is 0 Å². The Morgan fingerprint density at radius 3 is 2.62 bits per heavy atom. The summed E-state index contributed by atoms with van der Waals surface area (Å²) in [4.78, 5) is 2.43. The lowest BCUT2D eigenvalue weighted by molar-refractivity contribution is 0.208. The van der Waals surface area contributed by atoms with Crippen molar-refractivity contribution in [3.8, 4) is 0 Å². The second kappa shape index (κ2) is 7.05. The zero-order valence-corrected chi connectivity index (χ0v) is 11.7. The molecule has 0 radical (unpaired) electrons. The summed E-state index contributed by atoms with van der Waals surface area (Å²) in [6.07, 6.45) is 1.12. The first-order valence-electron chi connectivity index (χ1n) is 5.92. The molecule has 0 saturated carbocycles. The van der Waals surface area contributed by atoms with Gasteiger partial charge in [-0.25, -0.2) is 0 Å². The lowest BCUT2D eigenvalue weighted by Gasteiger charge is -2.30. The third-order valence-corrected chi connectivity index (χ3v) is 3.38. The Labute approximate surface area is 107 Å². The number of rotatable bonds is 6. The molecule has 1 atom stereocenters. The molecule has 0 heterocycles. The molecule has 90 valence electrons. The van der Waals surface area contributed by atoms with E-state index in [9.17, 15) is 0 Å². The largest absolute Gasteiger partial charge is 0.329 e. The Morgan fingerprint density at radius 2 is 2.12 bits per heavy atom. The summed E-state index contributed by atoms with van der Waals surface area (Å²) in [6.45, 7) is 7.14. The Kier molecular flexibility index (Phi) is 6.03. The van der Waals surface area contributed by atoms with E-state index in [0.29, 0.717) is 6.04 Å². The van der Waals surface area contributed by atoms with Crippen LogP contribution in [0.2, 0.25) is 0 Å². The number of benzene rings is 1. The normalized spacial score (nSPS) is 13.1. The second-order valence-corrected chi connectivity index (χ2v) is 4.81. The van der Waals surface area contributed by atoms with Gasteiger partial charge in [0.25, 0.3) is 0 Å². The van der Waals surface area contributed by atoms with Crippen molar-refractivity contribution in [2.75, 3.05) is 19.6 Å². The number of hydrogen-bond acceptors (Lipinski definition) is 2. The lowest BCUT2D eigenvalue weighted by Crippen LogP contribution is -2.33. The standard InChI is InChI=1S/C13H21BrN2/c1-3-13(16(4-2)9-8-15)11-6-5-7-12(14)10-11/h5-7,10,13H,3-4,8-9,15H2,1-2H3. The van der Waals surface area contributed by atoms with Crippen molar-refractivity contribution in [2.24, 2.45) is 5.73 Å². The van der Waals surface area contributed by atoms with Crippen LogP contribution in [0.4, 0.5) is 0 Å². The summed E-state index contributed by atoms with van der Waals surface area (Å²) in [7, 11) is 0. The van der Waals surface area contributed by atoms with Crippen molar-refractivity contribution in [3.05, 3.63) is 34.3 Å². The van der Waals surface area contributed by atoms with Crippen LogP contribution in [0.1, 0.15) is 31.9 Å². The predicted molar refractivity (Wildman–Crippen MR) is 73.5 cm³/mol. The van der Waals surface area contributed by atoms with Crippen LogP contribution < -0.4 is 5.73 Å². The zero-order chi connectivity index (χ0) is 12.0. The maximum Gasteiger partial charge on any atom is 0.0346 e. The van der Waals surface area contributed by atoms with Crippen molar-refractivity contribution in [3.63, 3.8) is 0 Å². The van der Waals surface area contributed by atoms with E-state index in [1.807, 2.05) is 0 Å². The maximum absolute atomic E-state index is 5.65. The molecule has 1 rings (SSSR count). The lowest BCUT2D eigenvalue weighted by atomic mass is 10.0. The van der Waals surface area contributed by atoms with Gasteiger partial charge in [-0.1, -0.05) is 41.9 Å². The SMILES string of the molecule is CCC(c1cccc(Br)c1)N(CC)CCN. The number of hydrogen-bond donors (Lipinski definition) is 1. The van der Waals surface area contributed by atoms with E-state index in [0.717, 1.165) is 30.5 Å². The Balaban J connectivity index is 2.87. The van der Waals surface area contributed by atoms with Crippen LogP contribution in [0.15, 0.2) is 28.7 Å². The minimum absolute atomic E-state index is 0.478. The number of halogens is 1. The molecule has 0 aromatic heterocycles. The number of nitrogens with two attached hydrogens (primary N) is 1. The summed E-state index contributed by atoms with van der Waals surface area (Å²) in [6, 6.07) is 9.03. The molecule has 0 aliphatic rings. The molecule has 1 aromatic rings. The monoisotopic (exact) mass is 284 g/mol. The van der Waals surface area contributed by atoms with Crippen molar-refractivity contribution in [2.45, 2.75) is 26.3 Å². The molecule has 0 bridgehead atoms. The summed E-state index contributed by atoms with van der Waals surface area (Å²) < 4.78 is 1.15. The highest BCUT2D eigenvalue weighted by Crippen LogP contribution is 2.25. The fourth-order valence-electron chi connectivity index (χ4n) is 2.12. The predicted octanol–water partition coefficient (Wildman–Crippen LogP) is 3.18. The zero-order valence-electron chi connectivity index (χ0n) is 10.1. The van der Waals surface area contributed by atoms with Gasteiger partial charge in [0.15, 0.2) is 0 Å². The fourth-order valence-corrected chi connectivity index (χ4v) is 2.54. The van der Waals surface area contributed by atoms with Gasteiger partial charge in [-0.3, -0.25) is 4.90 Å². The Morgan fingerprint density at radius 1 is 1.38 bits per heavy atom. The number of likely N-dealkylation sites (N-methyl/N-ethyl adjacent to an activating group) is 1. The minimum Gasteiger partial charge on any atom is -0.329 e. The quantitative estimate of drug-likeness (QED) is 0.869. The topological polar surface area (TPSA) is 29.3 Å². The molecule has 1 aromatic carbocycles. The van der Waals surface area contributed by atoms with Crippen LogP contribution >= 0.6 is 15.9 Å². The summed E-state index contributed by atoms with van der Waals surface area (Å²) in [5, 5.41) is 0. The molecular weight excluding hydrogens is 264 g/mol. The van der Waals surface area contributed by atoms with Crippen molar-refractivity contribution >= 4 is 15.9 Å². The molecule has 0 saturated heterocycles. The van der Waals surface area contributed by atoms with E-state index in [-0.39, 0.29) is 0 Å². The summed E-state index contributed by atoms with van der Waals surface area (Å²) in [5.74, 6) is 0. The first-order valence-corrected chi connectivity index (χ1v) is 6.71. The Hall–Kier alpha value is -0.380. The summed E-state index contributed by atoms with van der Waals surface area (Å²) in [5.41, 5.74) is 7.02. The molecule has 0 amide bonds. The van der Waals surface area contributed by atoms with Crippen molar-refractivity contribution < 1.29 is 0 Å². The molecule has 3 heteroatoms. The third-order valence-electron chi connectivity index (χ3n) is 2.88. The van der Waals surface area contributed by atoms with Crippen molar-refractivity contribution in [1.82, 2.24) is 4.90 Å². The molecule has 2 N–H and O–H groups in total. The van der Waals surface area contributed by atoms with Gasteiger partial charge in [0, 0.05) is 23.6 Å². The molecule has 2 nitrogen and oxygen atoms in total. The van der Waals surface area contributed by atoms with Gasteiger partial charge < -0.3 is 5.73 Å². The van der Waals surface area contributed by atoms with E-state index in [1.165, 1.54) is 5.56 Å². The highest BCUT2D eigenvalue weighted by molar-refractivity contribution is 9.10. The van der Waals surface area contributed by atoms with E-state index >= 15 is 0 Å². The fraction of sp³-hybridized carbons (Fsp3) is 0.538. The van der Waals surface area contributed by atoms with Gasteiger partial charge in [0.2, 0.25) is 0 Å². The van der Waals surface area contributed by atoms with Crippen LogP contribution in [0.3, 0.4) is 0 Å². The van der Waals surface area contributed by atoms with Gasteiger partial charge in [-0.2, -0.15) is 0 Å². The van der Waals surface area contributed by atoms with E-state index in [1.54, 1.807) is 0 Å². The van der Waals surface area contributed by atoms with Gasteiger partial charge in [-0.05, 0) is 30.7 Å². The van der Waals surface area contributed by atoms with Crippen LogP contribution in [0, 0.1) is 0 Å². The maximum atomic E-state index is 5.65. The van der Waals surface area contributed by atoms with Gasteiger partial charge in [0.05, 0.1) is 0 Å². The average Bonchev–Trinajstić information content (AvgIpc) is 2.29. The van der Waals surface area contributed by atoms with Crippen molar-refractivity contribution in [1.29, 1.82) is 0 Å². The number of nitrogens with zero attached hydrogens (tertiary/aromatic N) is 1. The van der Waals surface area contributed by atoms with E-state index in [4.69, 9.17) is 5.73 Å². The Bertz CT molecular complexity index is 315. The average molecular weight is 285 g/mol. The first-order chi connectivity index (χ1) is 7.72. The van der Waals surface area contributed by atoms with E-state index < -0.39 is 0 Å². The third kappa shape index (κ3) is 3.58. The highest BCUT2D eigenvalue weighted by Gasteiger charge is 2.16. The summed E-state index contributed by atoms with van der Waals surface area (Å²) >= 11 is 3.53. The highest BCUT2D eigenvalue weighted by atomic mass is 79.9. The molecule has 0 fully saturated rings. The van der Waals surface area contributed by atoms with Crippen LogP contribution in [-0.2, 0) is 0 Å². The molecule has 0 spiro atoms.